The van der Waals surface area contributed by atoms with E-state index in [1.165, 1.54) is 19.3 Å². The first-order valence-electron chi connectivity index (χ1n) is 5.44. The minimum absolute atomic E-state index is 0.0735. The number of hydrogen-bond donors (Lipinski definition) is 1. The van der Waals surface area contributed by atoms with Gasteiger partial charge in [-0.2, -0.15) is 0 Å². The molecule has 1 N–H and O–H groups in total. The summed E-state index contributed by atoms with van der Waals surface area (Å²) in [6, 6.07) is 0. The fraction of sp³-hybridized carbons (Fsp3) is 1.00. The molecule has 3 heteroatoms. The first-order valence-corrected chi connectivity index (χ1v) is 5.44. The summed E-state index contributed by atoms with van der Waals surface area (Å²) in [5.74, 6) is 0. The van der Waals surface area contributed by atoms with Crippen LogP contribution in [0, 0.1) is 0 Å². The monoisotopic (exact) mass is 204 g/mol. The Hall–Kier alpha value is -0.120. The Morgan fingerprint density at radius 2 is 1.71 bits per heavy atom. The third-order valence-electron chi connectivity index (χ3n) is 2.53. The van der Waals surface area contributed by atoms with Crippen LogP contribution in [0.25, 0.3) is 0 Å². The molecule has 0 aliphatic rings. The van der Waals surface area contributed by atoms with E-state index in [2.05, 4.69) is 6.92 Å². The lowest BCUT2D eigenvalue weighted by Crippen LogP contribution is -2.24. The van der Waals surface area contributed by atoms with Crippen molar-refractivity contribution in [2.24, 2.45) is 0 Å². The Morgan fingerprint density at radius 1 is 1.07 bits per heavy atom. The van der Waals surface area contributed by atoms with E-state index in [1.54, 1.807) is 14.2 Å². The van der Waals surface area contributed by atoms with Crippen molar-refractivity contribution in [1.82, 2.24) is 0 Å². The van der Waals surface area contributed by atoms with Gasteiger partial charge < -0.3 is 14.6 Å². The van der Waals surface area contributed by atoms with Gasteiger partial charge in [0.15, 0.2) is 0 Å². The first kappa shape index (κ1) is 13.9. The number of aliphatic hydroxyl groups is 1. The van der Waals surface area contributed by atoms with Crippen LogP contribution >= 0.6 is 0 Å². The second kappa shape index (κ2) is 9.44. The summed E-state index contributed by atoms with van der Waals surface area (Å²) in [7, 11) is 3.35. The summed E-state index contributed by atoms with van der Waals surface area (Å²) in [5, 5.41) is 8.96. The Morgan fingerprint density at radius 3 is 2.14 bits per heavy atom. The van der Waals surface area contributed by atoms with Gasteiger partial charge in [-0.1, -0.05) is 26.2 Å². The maximum absolute atomic E-state index is 8.96. The highest BCUT2D eigenvalue weighted by Crippen LogP contribution is 2.12. The highest BCUT2D eigenvalue weighted by molar-refractivity contribution is 4.65. The number of aliphatic hydroxyl groups excluding tert-OH is 1. The molecule has 14 heavy (non-hydrogen) atoms. The fourth-order valence-electron chi connectivity index (χ4n) is 1.49. The molecule has 0 aromatic heterocycles. The molecule has 0 saturated carbocycles. The number of hydrogen-bond acceptors (Lipinski definition) is 3. The van der Waals surface area contributed by atoms with Gasteiger partial charge in [0.25, 0.3) is 0 Å². The quantitative estimate of drug-likeness (QED) is 0.584. The molecule has 0 saturated heterocycles. The molecule has 0 heterocycles. The van der Waals surface area contributed by atoms with E-state index in [1.807, 2.05) is 0 Å². The van der Waals surface area contributed by atoms with Gasteiger partial charge in [-0.25, -0.2) is 0 Å². The van der Waals surface area contributed by atoms with Crippen molar-refractivity contribution in [2.75, 3.05) is 20.8 Å². The van der Waals surface area contributed by atoms with Crippen molar-refractivity contribution in [3.05, 3.63) is 0 Å². The van der Waals surface area contributed by atoms with Gasteiger partial charge in [-0.05, 0) is 6.42 Å². The van der Waals surface area contributed by atoms with Gasteiger partial charge in [-0.15, -0.1) is 0 Å². The van der Waals surface area contributed by atoms with E-state index in [0.717, 1.165) is 12.8 Å². The van der Waals surface area contributed by atoms with Gasteiger partial charge in [0, 0.05) is 20.6 Å². The third-order valence-corrected chi connectivity index (χ3v) is 2.53. The number of ether oxygens (including phenoxy) is 2. The molecule has 0 unspecified atom stereocenters. The van der Waals surface area contributed by atoms with Crippen LogP contribution in [0.15, 0.2) is 0 Å². The van der Waals surface area contributed by atoms with Crippen LogP contribution in [-0.4, -0.2) is 38.1 Å². The average Bonchev–Trinajstić information content (AvgIpc) is 2.23. The maximum Gasteiger partial charge on any atom is 0.0826 e. The molecule has 0 fully saturated rings. The second-order valence-corrected chi connectivity index (χ2v) is 3.63. The average molecular weight is 204 g/mol. The normalized spacial score (nSPS) is 15.4. The van der Waals surface area contributed by atoms with Gasteiger partial charge in [0.1, 0.15) is 0 Å². The van der Waals surface area contributed by atoms with Crippen molar-refractivity contribution in [3.63, 3.8) is 0 Å². The Kier molecular flexibility index (Phi) is 9.35. The van der Waals surface area contributed by atoms with Crippen LogP contribution in [0.2, 0.25) is 0 Å². The lowest BCUT2D eigenvalue weighted by Gasteiger charge is -2.20. The van der Waals surface area contributed by atoms with Crippen molar-refractivity contribution in [3.8, 4) is 0 Å². The fourth-order valence-corrected chi connectivity index (χ4v) is 1.49. The summed E-state index contributed by atoms with van der Waals surface area (Å²) < 4.78 is 10.4. The Bertz CT molecular complexity index is 113. The van der Waals surface area contributed by atoms with Crippen LogP contribution in [0.1, 0.15) is 39.0 Å². The summed E-state index contributed by atoms with van der Waals surface area (Å²) >= 11 is 0. The van der Waals surface area contributed by atoms with Crippen molar-refractivity contribution in [2.45, 2.75) is 51.2 Å². The zero-order chi connectivity index (χ0) is 10.8. The Balaban J connectivity index is 3.65. The van der Waals surface area contributed by atoms with Crippen molar-refractivity contribution >= 4 is 0 Å². The molecular formula is C11H24O3. The van der Waals surface area contributed by atoms with Crippen LogP contribution in [-0.2, 0) is 9.47 Å². The van der Waals surface area contributed by atoms with E-state index < -0.39 is 0 Å². The summed E-state index contributed by atoms with van der Waals surface area (Å²) in [6.07, 6.45) is 5.65. The second-order valence-electron chi connectivity index (χ2n) is 3.63. The minimum Gasteiger partial charge on any atom is -0.394 e. The molecular weight excluding hydrogens is 180 g/mol. The number of unbranched alkanes of at least 4 members (excludes halogenated alkanes) is 2. The summed E-state index contributed by atoms with van der Waals surface area (Å²) in [5.41, 5.74) is 0. The Labute approximate surface area is 87.4 Å². The molecule has 0 aromatic rings. The first-order chi connectivity index (χ1) is 6.78. The van der Waals surface area contributed by atoms with Gasteiger partial charge in [0.05, 0.1) is 18.8 Å². The van der Waals surface area contributed by atoms with Crippen LogP contribution in [0.5, 0.6) is 0 Å². The molecule has 3 nitrogen and oxygen atoms in total. The molecule has 0 radical (unpaired) electrons. The molecule has 0 rings (SSSR count). The van der Waals surface area contributed by atoms with Gasteiger partial charge >= 0.3 is 0 Å². The minimum atomic E-state index is -0.0819. The lowest BCUT2D eigenvalue weighted by molar-refractivity contribution is -0.00741. The SMILES string of the molecule is CCCCC[C@H](C[C@H](CO)OC)OC. The molecule has 0 spiro atoms. The largest absolute Gasteiger partial charge is 0.394 e. The highest BCUT2D eigenvalue weighted by Gasteiger charge is 2.14. The molecule has 2 atom stereocenters. The van der Waals surface area contributed by atoms with Crippen LogP contribution in [0.4, 0.5) is 0 Å². The molecule has 86 valence electrons. The number of rotatable bonds is 9. The van der Waals surface area contributed by atoms with Gasteiger partial charge in [-0.3, -0.25) is 0 Å². The van der Waals surface area contributed by atoms with Crippen molar-refractivity contribution in [1.29, 1.82) is 0 Å². The van der Waals surface area contributed by atoms with E-state index >= 15 is 0 Å². The summed E-state index contributed by atoms with van der Waals surface area (Å²) in [6.45, 7) is 2.26. The molecule has 0 bridgehead atoms. The van der Waals surface area contributed by atoms with Gasteiger partial charge in [0.2, 0.25) is 0 Å². The molecule has 0 aromatic carbocycles. The predicted molar refractivity (Wildman–Crippen MR) is 57.4 cm³/mol. The number of methoxy groups -OCH3 is 2. The summed E-state index contributed by atoms with van der Waals surface area (Å²) in [4.78, 5) is 0. The zero-order valence-electron chi connectivity index (χ0n) is 9.66. The van der Waals surface area contributed by atoms with E-state index in [-0.39, 0.29) is 18.8 Å². The topological polar surface area (TPSA) is 38.7 Å². The van der Waals surface area contributed by atoms with Crippen LogP contribution < -0.4 is 0 Å². The predicted octanol–water partition coefficient (Wildman–Crippen LogP) is 1.98. The lowest BCUT2D eigenvalue weighted by atomic mass is 10.1. The smallest absolute Gasteiger partial charge is 0.0826 e. The maximum atomic E-state index is 8.96. The van der Waals surface area contributed by atoms with Crippen molar-refractivity contribution < 1.29 is 14.6 Å². The van der Waals surface area contributed by atoms with Crippen LogP contribution in [0.3, 0.4) is 0 Å². The molecule has 0 amide bonds. The highest BCUT2D eigenvalue weighted by atomic mass is 16.5. The zero-order valence-corrected chi connectivity index (χ0v) is 9.66. The van der Waals surface area contributed by atoms with E-state index in [4.69, 9.17) is 14.6 Å². The van der Waals surface area contributed by atoms with E-state index in [0.29, 0.717) is 0 Å². The molecule has 0 aliphatic carbocycles. The molecule has 0 aliphatic heterocycles. The van der Waals surface area contributed by atoms with E-state index in [9.17, 15) is 0 Å². The standard InChI is InChI=1S/C11H24O3/c1-4-5-6-7-10(13-2)8-11(9-12)14-3/h10-12H,4-9H2,1-3H3/t10-,11-/m1/s1. The third kappa shape index (κ3) is 6.35.